The number of nitrogens with zero attached hydrogens (tertiary/aromatic N) is 1. The van der Waals surface area contributed by atoms with Crippen molar-refractivity contribution >= 4 is 58.4 Å². The molecule has 39 heavy (non-hydrogen) atoms. The summed E-state index contributed by atoms with van der Waals surface area (Å²) in [5.41, 5.74) is 6.30. The first-order chi connectivity index (χ1) is 17.6. The van der Waals surface area contributed by atoms with Crippen LogP contribution in [0.15, 0.2) is 42.5 Å². The molecule has 1 aliphatic heterocycles. The second-order valence-corrected chi connectivity index (χ2v) is 10.2. The summed E-state index contributed by atoms with van der Waals surface area (Å²) in [5.74, 6) is -4.81. The number of nitrogens with one attached hydrogen (secondary N) is 2. The minimum Gasteiger partial charge on any atom is -0.484 e. The summed E-state index contributed by atoms with van der Waals surface area (Å²) >= 11 is 0. The van der Waals surface area contributed by atoms with Crippen molar-refractivity contribution in [1.82, 2.24) is 5.32 Å². The zero-order valence-electron chi connectivity index (χ0n) is 21.2. The number of anilines is 1. The maximum Gasteiger partial charge on any atom is 0.323 e. The predicted octanol–water partition coefficient (Wildman–Crippen LogP) is 3.64. The molecule has 1 saturated heterocycles. The van der Waals surface area contributed by atoms with Crippen molar-refractivity contribution in [3.05, 3.63) is 65.2 Å². The van der Waals surface area contributed by atoms with Crippen LogP contribution in [0.3, 0.4) is 0 Å². The number of sulfonamides is 1. The molecule has 1 heterocycles. The molecule has 2 aromatic rings. The van der Waals surface area contributed by atoms with Gasteiger partial charge >= 0.3 is 5.97 Å². The highest BCUT2D eigenvalue weighted by Crippen LogP contribution is 2.31. The third-order valence-corrected chi connectivity index (χ3v) is 7.19. The van der Waals surface area contributed by atoms with Crippen LogP contribution in [0.25, 0.3) is 6.08 Å². The number of rotatable bonds is 11. The third-order valence-electron chi connectivity index (χ3n) is 5.56. The standard InChI is InChI=1S/C25H30F2N4O5S.2ClH/c1-2-35-23(32)16-37(33,34)31(12-4-6-17-5-3-7-18(13-17)25(28)29)19-14-21(26)24(22(27)15-19)36-20-8-10-30-11-9-20;;/h3-7,13-15,20,30H,2,8-12,16H2,1H3,(H3,28,29);2*1H/b6-4+;;. The van der Waals surface area contributed by atoms with Gasteiger partial charge in [0, 0.05) is 17.7 Å². The molecule has 0 aromatic heterocycles. The van der Waals surface area contributed by atoms with Crippen LogP contribution in [0, 0.1) is 17.0 Å². The lowest BCUT2D eigenvalue weighted by atomic mass is 10.1. The van der Waals surface area contributed by atoms with E-state index >= 15 is 0 Å². The molecule has 0 spiro atoms. The van der Waals surface area contributed by atoms with Crippen LogP contribution in [0.4, 0.5) is 14.5 Å². The maximum absolute atomic E-state index is 15.0. The number of halogens is 4. The molecule has 1 aliphatic rings. The van der Waals surface area contributed by atoms with E-state index in [1.54, 1.807) is 30.3 Å². The largest absolute Gasteiger partial charge is 0.484 e. The summed E-state index contributed by atoms with van der Waals surface area (Å²) in [4.78, 5) is 11.9. The average Bonchev–Trinajstić information content (AvgIpc) is 2.84. The molecule has 2 aromatic carbocycles. The molecule has 9 nitrogen and oxygen atoms in total. The Kier molecular flexibility index (Phi) is 13.6. The number of nitrogens with two attached hydrogens (primary N) is 1. The van der Waals surface area contributed by atoms with Gasteiger partial charge in [-0.2, -0.15) is 0 Å². The monoisotopic (exact) mass is 608 g/mol. The molecule has 14 heteroatoms. The van der Waals surface area contributed by atoms with Crippen LogP contribution < -0.4 is 20.1 Å². The van der Waals surface area contributed by atoms with Gasteiger partial charge in [0.25, 0.3) is 0 Å². The Morgan fingerprint density at radius 1 is 1.18 bits per heavy atom. The molecule has 3 rings (SSSR count). The van der Waals surface area contributed by atoms with E-state index in [1.807, 2.05) is 0 Å². The fourth-order valence-electron chi connectivity index (χ4n) is 3.79. The van der Waals surface area contributed by atoms with E-state index in [1.165, 1.54) is 13.0 Å². The summed E-state index contributed by atoms with van der Waals surface area (Å²) in [6.45, 7) is 2.50. The Morgan fingerprint density at radius 3 is 2.41 bits per heavy atom. The Bertz CT molecular complexity index is 1250. The van der Waals surface area contributed by atoms with E-state index in [-0.39, 0.29) is 55.6 Å². The molecule has 0 saturated carbocycles. The van der Waals surface area contributed by atoms with Crippen molar-refractivity contribution in [2.75, 3.05) is 36.3 Å². The number of amidine groups is 1. The van der Waals surface area contributed by atoms with E-state index in [4.69, 9.17) is 20.6 Å². The SMILES string of the molecule is CCOC(=O)CS(=O)(=O)N(C/C=C/c1cccc(C(=N)N)c1)c1cc(F)c(OC2CCNCC2)c(F)c1.Cl.Cl. The molecule has 0 radical (unpaired) electrons. The number of hydrogen-bond donors (Lipinski definition) is 3. The molecule has 216 valence electrons. The summed E-state index contributed by atoms with van der Waals surface area (Å²) in [6.07, 6.45) is 3.82. The van der Waals surface area contributed by atoms with Gasteiger partial charge in [-0.3, -0.25) is 14.5 Å². The van der Waals surface area contributed by atoms with E-state index < -0.39 is 39.1 Å². The molecule has 0 atom stereocenters. The zero-order chi connectivity index (χ0) is 27.0. The maximum atomic E-state index is 15.0. The predicted molar refractivity (Wildman–Crippen MR) is 152 cm³/mol. The van der Waals surface area contributed by atoms with E-state index in [0.29, 0.717) is 37.1 Å². The van der Waals surface area contributed by atoms with Crippen molar-refractivity contribution in [3.8, 4) is 5.75 Å². The van der Waals surface area contributed by atoms with Crippen molar-refractivity contribution in [1.29, 1.82) is 5.41 Å². The highest BCUT2D eigenvalue weighted by molar-refractivity contribution is 7.93. The van der Waals surface area contributed by atoms with Gasteiger partial charge in [0.2, 0.25) is 10.0 Å². The zero-order valence-corrected chi connectivity index (χ0v) is 23.6. The number of carbonyl (C=O) groups is 1. The fourth-order valence-corrected chi connectivity index (χ4v) is 5.06. The van der Waals surface area contributed by atoms with Crippen molar-refractivity contribution in [2.24, 2.45) is 5.73 Å². The molecule has 0 unspecified atom stereocenters. The van der Waals surface area contributed by atoms with Crippen LogP contribution in [-0.2, 0) is 19.6 Å². The molecule has 0 aliphatic carbocycles. The number of benzene rings is 2. The van der Waals surface area contributed by atoms with Gasteiger partial charge in [-0.15, -0.1) is 24.8 Å². The molecule has 1 fully saturated rings. The second-order valence-electron chi connectivity index (χ2n) is 8.34. The minimum atomic E-state index is -4.38. The number of hydrogen-bond acceptors (Lipinski definition) is 7. The normalized spacial score (nSPS) is 13.7. The Balaban J connectivity index is 0.00000380. The highest BCUT2D eigenvalue weighted by atomic mass is 35.5. The number of esters is 1. The molecular formula is C25H32Cl2F2N4O5S. The van der Waals surface area contributed by atoms with E-state index in [2.05, 4.69) is 5.32 Å². The van der Waals surface area contributed by atoms with Gasteiger partial charge in [0.15, 0.2) is 23.1 Å². The minimum absolute atomic E-state index is 0. The lowest BCUT2D eigenvalue weighted by molar-refractivity contribution is -0.139. The number of ether oxygens (including phenoxy) is 2. The second kappa shape index (κ2) is 15.6. The molecule has 0 amide bonds. The van der Waals surface area contributed by atoms with Crippen LogP contribution in [-0.4, -0.2) is 58.3 Å². The van der Waals surface area contributed by atoms with Crippen molar-refractivity contribution in [3.63, 3.8) is 0 Å². The first kappa shape index (κ1) is 34.1. The number of nitrogen functional groups attached to an aromatic ring is 1. The summed E-state index contributed by atoms with van der Waals surface area (Å²) in [7, 11) is -4.38. The van der Waals surface area contributed by atoms with Gasteiger partial charge in [-0.25, -0.2) is 17.2 Å². The average molecular weight is 610 g/mol. The Labute approximate surface area is 239 Å². The van der Waals surface area contributed by atoms with Crippen LogP contribution in [0.5, 0.6) is 5.75 Å². The smallest absolute Gasteiger partial charge is 0.323 e. The van der Waals surface area contributed by atoms with Gasteiger partial charge in [0.05, 0.1) is 18.8 Å². The lowest BCUT2D eigenvalue weighted by Crippen LogP contribution is -2.36. The quantitative estimate of drug-likeness (QED) is 0.201. The van der Waals surface area contributed by atoms with E-state index in [0.717, 1.165) is 16.4 Å². The first-order valence-electron chi connectivity index (χ1n) is 11.7. The Morgan fingerprint density at radius 2 is 1.82 bits per heavy atom. The van der Waals surface area contributed by atoms with Gasteiger partial charge in [-0.1, -0.05) is 30.4 Å². The molecule has 0 bridgehead atoms. The summed E-state index contributed by atoms with van der Waals surface area (Å²) < 4.78 is 67.1. The van der Waals surface area contributed by atoms with Crippen LogP contribution in [0.1, 0.15) is 30.9 Å². The topological polar surface area (TPSA) is 135 Å². The van der Waals surface area contributed by atoms with Gasteiger partial charge in [-0.05, 0) is 44.5 Å². The Hall–Kier alpha value is -2.93. The fraction of sp³-hybridized carbons (Fsp3) is 0.360. The molecule has 4 N–H and O–H groups in total. The first-order valence-corrected chi connectivity index (χ1v) is 13.3. The summed E-state index contributed by atoms with van der Waals surface area (Å²) in [5, 5.41) is 10.7. The number of piperidine rings is 1. The van der Waals surface area contributed by atoms with Crippen molar-refractivity contribution < 1.29 is 31.5 Å². The highest BCUT2D eigenvalue weighted by Gasteiger charge is 2.28. The van der Waals surface area contributed by atoms with Gasteiger partial charge < -0.3 is 20.5 Å². The van der Waals surface area contributed by atoms with Crippen LogP contribution in [0.2, 0.25) is 0 Å². The molecular weight excluding hydrogens is 577 g/mol. The third kappa shape index (κ3) is 9.64. The van der Waals surface area contributed by atoms with E-state index in [9.17, 15) is 22.0 Å². The van der Waals surface area contributed by atoms with Crippen molar-refractivity contribution in [2.45, 2.75) is 25.9 Å². The lowest BCUT2D eigenvalue weighted by Gasteiger charge is -2.26. The van der Waals surface area contributed by atoms with Crippen LogP contribution >= 0.6 is 24.8 Å². The summed E-state index contributed by atoms with van der Waals surface area (Å²) in [6, 6.07) is 8.40. The number of carbonyl (C=O) groups excluding carboxylic acids is 1. The van der Waals surface area contributed by atoms with Gasteiger partial charge in [0.1, 0.15) is 11.9 Å².